The summed E-state index contributed by atoms with van der Waals surface area (Å²) in [6, 6.07) is 8.31. The zero-order valence-corrected chi connectivity index (χ0v) is 11.2. The van der Waals surface area contributed by atoms with Crippen LogP contribution in [0.4, 0.5) is 10.8 Å². The van der Waals surface area contributed by atoms with E-state index in [1.54, 1.807) is 0 Å². The number of anilines is 2. The van der Waals surface area contributed by atoms with Crippen LogP contribution in [-0.4, -0.2) is 15.2 Å². The second-order valence-electron chi connectivity index (χ2n) is 3.76. The highest BCUT2D eigenvalue weighted by molar-refractivity contribution is 7.09. The third-order valence-electron chi connectivity index (χ3n) is 2.30. The SMILES string of the molecule is Cc1nsc(Nc2cccc(CCCCl)c2)n1. The fourth-order valence-corrected chi connectivity index (χ4v) is 2.28. The molecule has 3 nitrogen and oxygen atoms in total. The number of hydrogen-bond acceptors (Lipinski definition) is 4. The molecule has 17 heavy (non-hydrogen) atoms. The number of aromatic nitrogens is 2. The minimum atomic E-state index is 0.702. The van der Waals surface area contributed by atoms with E-state index < -0.39 is 0 Å². The zero-order chi connectivity index (χ0) is 12.1. The molecular formula is C12H14ClN3S. The maximum absolute atomic E-state index is 5.69. The Kier molecular flexibility index (Phi) is 4.34. The molecule has 0 fully saturated rings. The summed E-state index contributed by atoms with van der Waals surface area (Å²) in [5, 5.41) is 4.08. The first-order valence-electron chi connectivity index (χ1n) is 5.50. The Bertz CT molecular complexity index is 484. The molecule has 0 bridgehead atoms. The van der Waals surface area contributed by atoms with E-state index in [1.807, 2.05) is 19.1 Å². The van der Waals surface area contributed by atoms with Gasteiger partial charge in [-0.3, -0.25) is 0 Å². The minimum absolute atomic E-state index is 0.702. The van der Waals surface area contributed by atoms with Crippen LogP contribution >= 0.6 is 23.1 Å². The Morgan fingerprint density at radius 3 is 3.00 bits per heavy atom. The summed E-state index contributed by atoms with van der Waals surface area (Å²) < 4.78 is 4.14. The molecule has 0 saturated heterocycles. The number of rotatable bonds is 5. The second kappa shape index (κ2) is 5.98. The monoisotopic (exact) mass is 267 g/mol. The number of hydrogen-bond donors (Lipinski definition) is 1. The van der Waals surface area contributed by atoms with Crippen LogP contribution in [0.15, 0.2) is 24.3 Å². The van der Waals surface area contributed by atoms with E-state index in [9.17, 15) is 0 Å². The molecule has 1 N–H and O–H groups in total. The van der Waals surface area contributed by atoms with Gasteiger partial charge >= 0.3 is 0 Å². The zero-order valence-electron chi connectivity index (χ0n) is 9.61. The van der Waals surface area contributed by atoms with E-state index in [0.29, 0.717) is 5.88 Å². The van der Waals surface area contributed by atoms with Gasteiger partial charge < -0.3 is 5.32 Å². The Hall–Kier alpha value is -1.13. The summed E-state index contributed by atoms with van der Waals surface area (Å²) in [7, 11) is 0. The van der Waals surface area contributed by atoms with Gasteiger partial charge in [0.2, 0.25) is 5.13 Å². The van der Waals surface area contributed by atoms with Gasteiger partial charge in [-0.15, -0.1) is 11.6 Å². The van der Waals surface area contributed by atoms with Crippen molar-refractivity contribution >= 4 is 34.0 Å². The lowest BCUT2D eigenvalue weighted by molar-refractivity contribution is 0.929. The van der Waals surface area contributed by atoms with Crippen LogP contribution in [0.1, 0.15) is 17.8 Å². The van der Waals surface area contributed by atoms with Gasteiger partial charge in [0.25, 0.3) is 0 Å². The Morgan fingerprint density at radius 2 is 2.29 bits per heavy atom. The van der Waals surface area contributed by atoms with Crippen molar-refractivity contribution in [3.05, 3.63) is 35.7 Å². The number of alkyl halides is 1. The van der Waals surface area contributed by atoms with E-state index in [1.165, 1.54) is 17.1 Å². The first-order valence-corrected chi connectivity index (χ1v) is 6.81. The Balaban J connectivity index is 2.05. The number of halogens is 1. The number of aryl methyl sites for hydroxylation is 2. The Labute approximate surface area is 110 Å². The fraction of sp³-hybridized carbons (Fsp3) is 0.333. The highest BCUT2D eigenvalue weighted by atomic mass is 35.5. The molecule has 1 aromatic heterocycles. The Morgan fingerprint density at radius 1 is 1.41 bits per heavy atom. The van der Waals surface area contributed by atoms with E-state index >= 15 is 0 Å². The van der Waals surface area contributed by atoms with E-state index in [2.05, 4.69) is 26.8 Å². The molecule has 0 aliphatic carbocycles. The predicted octanol–water partition coefficient (Wildman–Crippen LogP) is 3.76. The van der Waals surface area contributed by atoms with Crippen molar-refractivity contribution in [1.82, 2.24) is 9.36 Å². The predicted molar refractivity (Wildman–Crippen MR) is 73.4 cm³/mol. The average molecular weight is 268 g/mol. The minimum Gasteiger partial charge on any atom is -0.330 e. The number of benzene rings is 1. The van der Waals surface area contributed by atoms with Crippen LogP contribution in [0.3, 0.4) is 0 Å². The van der Waals surface area contributed by atoms with Gasteiger partial charge in [-0.1, -0.05) is 12.1 Å². The van der Waals surface area contributed by atoms with Gasteiger partial charge in [0.15, 0.2) is 0 Å². The molecule has 0 radical (unpaired) electrons. The molecule has 0 saturated carbocycles. The summed E-state index contributed by atoms with van der Waals surface area (Å²) in [5.41, 5.74) is 2.34. The molecule has 0 unspecified atom stereocenters. The first-order chi connectivity index (χ1) is 8.28. The average Bonchev–Trinajstić information content (AvgIpc) is 2.73. The van der Waals surface area contributed by atoms with Crippen molar-refractivity contribution in [2.75, 3.05) is 11.2 Å². The van der Waals surface area contributed by atoms with Crippen molar-refractivity contribution in [1.29, 1.82) is 0 Å². The van der Waals surface area contributed by atoms with Gasteiger partial charge in [-0.2, -0.15) is 4.37 Å². The summed E-state index contributed by atoms with van der Waals surface area (Å²) in [5.74, 6) is 1.50. The largest absolute Gasteiger partial charge is 0.330 e. The molecule has 0 aliphatic heterocycles. The summed E-state index contributed by atoms with van der Waals surface area (Å²) in [6.07, 6.45) is 2.01. The molecule has 2 rings (SSSR count). The highest BCUT2D eigenvalue weighted by Crippen LogP contribution is 2.19. The van der Waals surface area contributed by atoms with E-state index in [0.717, 1.165) is 29.5 Å². The lowest BCUT2D eigenvalue weighted by Gasteiger charge is -2.04. The van der Waals surface area contributed by atoms with Gasteiger partial charge in [-0.25, -0.2) is 4.98 Å². The molecule has 0 spiro atoms. The molecule has 5 heteroatoms. The molecule has 2 aromatic rings. The van der Waals surface area contributed by atoms with Crippen LogP contribution in [0.5, 0.6) is 0 Å². The summed E-state index contributed by atoms with van der Waals surface area (Å²) in [4.78, 5) is 4.27. The lowest BCUT2D eigenvalue weighted by atomic mass is 10.1. The molecule has 0 atom stereocenters. The van der Waals surface area contributed by atoms with Crippen molar-refractivity contribution in [3.8, 4) is 0 Å². The molecule has 90 valence electrons. The van der Waals surface area contributed by atoms with Crippen LogP contribution < -0.4 is 5.32 Å². The normalized spacial score (nSPS) is 10.5. The van der Waals surface area contributed by atoms with E-state index in [4.69, 9.17) is 11.6 Å². The highest BCUT2D eigenvalue weighted by Gasteiger charge is 2.01. The number of nitrogens with zero attached hydrogens (tertiary/aromatic N) is 2. The molecule has 0 aliphatic rings. The van der Waals surface area contributed by atoms with Gasteiger partial charge in [0, 0.05) is 23.1 Å². The molecular weight excluding hydrogens is 254 g/mol. The van der Waals surface area contributed by atoms with Crippen LogP contribution in [0.25, 0.3) is 0 Å². The molecule has 1 aromatic carbocycles. The van der Waals surface area contributed by atoms with Crippen molar-refractivity contribution in [3.63, 3.8) is 0 Å². The van der Waals surface area contributed by atoms with Crippen molar-refractivity contribution < 1.29 is 0 Å². The molecule has 1 heterocycles. The standard InChI is InChI=1S/C12H14ClN3S/c1-9-14-12(17-16-9)15-11-6-2-4-10(8-11)5-3-7-13/h2,4,6,8H,3,5,7H2,1H3,(H,14,15,16). The van der Waals surface area contributed by atoms with Crippen LogP contribution in [-0.2, 0) is 6.42 Å². The van der Waals surface area contributed by atoms with Gasteiger partial charge in [-0.05, 0) is 37.5 Å². The topological polar surface area (TPSA) is 37.8 Å². The van der Waals surface area contributed by atoms with Crippen LogP contribution in [0.2, 0.25) is 0 Å². The summed E-state index contributed by atoms with van der Waals surface area (Å²) in [6.45, 7) is 1.89. The van der Waals surface area contributed by atoms with Gasteiger partial charge in [0.05, 0.1) is 0 Å². The van der Waals surface area contributed by atoms with E-state index in [-0.39, 0.29) is 0 Å². The fourth-order valence-electron chi connectivity index (χ4n) is 1.55. The van der Waals surface area contributed by atoms with Crippen molar-refractivity contribution in [2.45, 2.75) is 19.8 Å². The summed E-state index contributed by atoms with van der Waals surface area (Å²) >= 11 is 7.07. The maximum Gasteiger partial charge on any atom is 0.207 e. The lowest BCUT2D eigenvalue weighted by Crippen LogP contribution is -1.92. The second-order valence-corrected chi connectivity index (χ2v) is 4.89. The van der Waals surface area contributed by atoms with Gasteiger partial charge in [0.1, 0.15) is 5.82 Å². The maximum atomic E-state index is 5.69. The van der Waals surface area contributed by atoms with Crippen molar-refractivity contribution in [2.24, 2.45) is 0 Å². The quantitative estimate of drug-likeness (QED) is 0.838. The first kappa shape index (κ1) is 12.3. The third-order valence-corrected chi connectivity index (χ3v) is 3.29. The smallest absolute Gasteiger partial charge is 0.207 e. The van der Waals surface area contributed by atoms with Crippen LogP contribution in [0, 0.1) is 6.92 Å². The molecule has 0 amide bonds. The third kappa shape index (κ3) is 3.68. The number of nitrogens with one attached hydrogen (secondary N) is 1.